The molecule has 0 aromatic heterocycles. The van der Waals surface area contributed by atoms with Gasteiger partial charge < -0.3 is 10.1 Å². The molecule has 1 N–H and O–H groups in total. The molecule has 92 valence electrons. The van der Waals surface area contributed by atoms with Crippen LogP contribution >= 0.6 is 0 Å². The summed E-state index contributed by atoms with van der Waals surface area (Å²) in [7, 11) is 1.21. The third kappa shape index (κ3) is 4.18. The van der Waals surface area contributed by atoms with E-state index in [0.717, 1.165) is 12.1 Å². The molecule has 6 heteroatoms. The van der Waals surface area contributed by atoms with Crippen molar-refractivity contribution in [1.82, 2.24) is 0 Å². The molecule has 0 aliphatic rings. The van der Waals surface area contributed by atoms with Gasteiger partial charge in [0.25, 0.3) is 0 Å². The van der Waals surface area contributed by atoms with E-state index in [0.29, 0.717) is 6.07 Å². The van der Waals surface area contributed by atoms with E-state index in [-0.39, 0.29) is 18.5 Å². The number of halogens is 2. The molecule has 1 rings (SSSR count). The molecule has 0 radical (unpaired) electrons. The molecule has 0 saturated heterocycles. The Morgan fingerprint density at radius 2 is 2.00 bits per heavy atom. The van der Waals surface area contributed by atoms with Gasteiger partial charge in [-0.1, -0.05) is 0 Å². The minimum Gasteiger partial charge on any atom is -0.469 e. The zero-order valence-electron chi connectivity index (χ0n) is 9.13. The largest absolute Gasteiger partial charge is 0.469 e. The van der Waals surface area contributed by atoms with Crippen molar-refractivity contribution in [3.8, 4) is 0 Å². The lowest BCUT2D eigenvalue weighted by atomic mass is 10.2. The number of benzene rings is 1. The molecule has 0 aliphatic carbocycles. The Morgan fingerprint density at radius 3 is 2.59 bits per heavy atom. The predicted octanol–water partition coefficient (Wildman–Crippen LogP) is 1.86. The summed E-state index contributed by atoms with van der Waals surface area (Å²) in [4.78, 5) is 22.0. The lowest BCUT2D eigenvalue weighted by Gasteiger charge is -2.05. The van der Waals surface area contributed by atoms with Crippen LogP contribution in [0.4, 0.5) is 14.5 Å². The Kier molecular flexibility index (Phi) is 4.56. The third-order valence-electron chi connectivity index (χ3n) is 1.99. The number of anilines is 1. The van der Waals surface area contributed by atoms with E-state index in [2.05, 4.69) is 10.1 Å². The summed E-state index contributed by atoms with van der Waals surface area (Å²) in [5.74, 6) is -2.66. The van der Waals surface area contributed by atoms with Crippen molar-refractivity contribution >= 4 is 17.6 Å². The Morgan fingerprint density at radius 1 is 1.29 bits per heavy atom. The first-order valence-corrected chi connectivity index (χ1v) is 4.84. The van der Waals surface area contributed by atoms with E-state index in [1.807, 2.05) is 0 Å². The average molecular weight is 243 g/mol. The zero-order chi connectivity index (χ0) is 12.8. The zero-order valence-corrected chi connectivity index (χ0v) is 9.13. The summed E-state index contributed by atoms with van der Waals surface area (Å²) >= 11 is 0. The van der Waals surface area contributed by atoms with Gasteiger partial charge in [-0.15, -0.1) is 0 Å². The van der Waals surface area contributed by atoms with Gasteiger partial charge in [-0.3, -0.25) is 9.59 Å². The van der Waals surface area contributed by atoms with E-state index >= 15 is 0 Å². The van der Waals surface area contributed by atoms with Gasteiger partial charge in [-0.05, 0) is 12.1 Å². The summed E-state index contributed by atoms with van der Waals surface area (Å²) in [6.07, 6.45) is -0.214. The second-order valence-electron chi connectivity index (χ2n) is 3.25. The van der Waals surface area contributed by atoms with E-state index < -0.39 is 23.5 Å². The number of ether oxygens (including phenoxy) is 1. The second-order valence-corrected chi connectivity index (χ2v) is 3.25. The summed E-state index contributed by atoms with van der Waals surface area (Å²) in [5.41, 5.74) is -0.124. The van der Waals surface area contributed by atoms with Crippen LogP contribution in [0.15, 0.2) is 18.2 Å². The minimum atomic E-state index is -0.864. The molecule has 0 atom stereocenters. The van der Waals surface area contributed by atoms with E-state index in [4.69, 9.17) is 0 Å². The van der Waals surface area contributed by atoms with Crippen LogP contribution in [0, 0.1) is 11.6 Å². The molecule has 17 heavy (non-hydrogen) atoms. The standard InChI is InChI=1S/C11H11F2NO3/c1-17-11(16)5-4-10(15)14-9-3-2-7(12)6-8(9)13/h2-3,6H,4-5H2,1H3,(H,14,15). The highest BCUT2D eigenvalue weighted by Crippen LogP contribution is 2.15. The second kappa shape index (κ2) is 5.93. The van der Waals surface area contributed by atoms with Crippen LogP contribution in [0.3, 0.4) is 0 Å². The number of carbonyl (C=O) groups excluding carboxylic acids is 2. The Labute approximate surface area is 96.6 Å². The van der Waals surface area contributed by atoms with Crippen molar-refractivity contribution in [2.75, 3.05) is 12.4 Å². The lowest BCUT2D eigenvalue weighted by Crippen LogP contribution is -2.14. The number of carbonyl (C=O) groups is 2. The maximum atomic E-state index is 13.1. The fourth-order valence-corrected chi connectivity index (χ4v) is 1.12. The maximum absolute atomic E-state index is 13.1. The normalized spacial score (nSPS) is 9.82. The van der Waals surface area contributed by atoms with Gasteiger partial charge in [0.15, 0.2) is 0 Å². The van der Waals surface area contributed by atoms with Crippen molar-refractivity contribution in [3.63, 3.8) is 0 Å². The fourth-order valence-electron chi connectivity index (χ4n) is 1.12. The topological polar surface area (TPSA) is 55.4 Å². The summed E-state index contributed by atoms with van der Waals surface area (Å²) < 4.78 is 30.0. The summed E-state index contributed by atoms with van der Waals surface area (Å²) in [6.45, 7) is 0. The first-order chi connectivity index (χ1) is 8.02. The predicted molar refractivity (Wildman–Crippen MR) is 56.2 cm³/mol. The number of amides is 1. The van der Waals surface area contributed by atoms with Crippen LogP contribution in [0.2, 0.25) is 0 Å². The van der Waals surface area contributed by atoms with Gasteiger partial charge in [0.1, 0.15) is 11.6 Å². The lowest BCUT2D eigenvalue weighted by molar-refractivity contribution is -0.141. The molecule has 1 amide bonds. The monoisotopic (exact) mass is 243 g/mol. The van der Waals surface area contributed by atoms with Crippen molar-refractivity contribution in [2.24, 2.45) is 0 Å². The average Bonchev–Trinajstić information content (AvgIpc) is 2.29. The van der Waals surface area contributed by atoms with Gasteiger partial charge in [0.05, 0.1) is 19.2 Å². The quantitative estimate of drug-likeness (QED) is 0.821. The highest BCUT2D eigenvalue weighted by Gasteiger charge is 2.10. The molecule has 0 fully saturated rings. The molecule has 0 aliphatic heterocycles. The van der Waals surface area contributed by atoms with E-state index in [9.17, 15) is 18.4 Å². The van der Waals surface area contributed by atoms with Crippen LogP contribution in [-0.2, 0) is 14.3 Å². The smallest absolute Gasteiger partial charge is 0.306 e. The molecule has 0 unspecified atom stereocenters. The number of methoxy groups -OCH3 is 1. The molecule has 0 saturated carbocycles. The Hall–Kier alpha value is -1.98. The van der Waals surface area contributed by atoms with Crippen LogP contribution in [0.25, 0.3) is 0 Å². The number of rotatable bonds is 4. The van der Waals surface area contributed by atoms with Crippen molar-refractivity contribution in [2.45, 2.75) is 12.8 Å². The Bertz CT molecular complexity index is 435. The Balaban J connectivity index is 2.53. The van der Waals surface area contributed by atoms with Gasteiger partial charge in [0, 0.05) is 12.5 Å². The number of nitrogens with one attached hydrogen (secondary N) is 1. The SMILES string of the molecule is COC(=O)CCC(=O)Nc1ccc(F)cc1F. The fraction of sp³-hybridized carbons (Fsp3) is 0.273. The molecule has 0 bridgehead atoms. The number of hydrogen-bond acceptors (Lipinski definition) is 3. The van der Waals surface area contributed by atoms with E-state index in [1.54, 1.807) is 0 Å². The van der Waals surface area contributed by atoms with Gasteiger partial charge >= 0.3 is 5.97 Å². The van der Waals surface area contributed by atoms with E-state index in [1.165, 1.54) is 7.11 Å². The van der Waals surface area contributed by atoms with Crippen LogP contribution in [-0.4, -0.2) is 19.0 Å². The van der Waals surface area contributed by atoms with Crippen LogP contribution in [0.1, 0.15) is 12.8 Å². The minimum absolute atomic E-state index is 0.0921. The molecule has 0 spiro atoms. The first-order valence-electron chi connectivity index (χ1n) is 4.84. The molecular weight excluding hydrogens is 232 g/mol. The van der Waals surface area contributed by atoms with Gasteiger partial charge in [-0.25, -0.2) is 8.78 Å². The summed E-state index contributed by atoms with van der Waals surface area (Å²) in [5, 5.41) is 2.23. The molecule has 4 nitrogen and oxygen atoms in total. The van der Waals surface area contributed by atoms with Crippen LogP contribution in [0.5, 0.6) is 0 Å². The molecular formula is C11H11F2NO3. The van der Waals surface area contributed by atoms with Gasteiger partial charge in [0.2, 0.25) is 5.91 Å². The highest BCUT2D eigenvalue weighted by atomic mass is 19.1. The highest BCUT2D eigenvalue weighted by molar-refractivity contribution is 5.92. The third-order valence-corrected chi connectivity index (χ3v) is 1.99. The summed E-state index contributed by atoms with van der Waals surface area (Å²) in [6, 6.07) is 2.80. The van der Waals surface area contributed by atoms with Crippen molar-refractivity contribution in [3.05, 3.63) is 29.8 Å². The van der Waals surface area contributed by atoms with Crippen molar-refractivity contribution in [1.29, 1.82) is 0 Å². The van der Waals surface area contributed by atoms with Crippen LogP contribution < -0.4 is 5.32 Å². The number of esters is 1. The molecule has 1 aromatic carbocycles. The molecule has 1 aromatic rings. The van der Waals surface area contributed by atoms with Gasteiger partial charge in [-0.2, -0.15) is 0 Å². The molecule has 0 heterocycles. The maximum Gasteiger partial charge on any atom is 0.306 e. The van der Waals surface area contributed by atoms with Crippen molar-refractivity contribution < 1.29 is 23.1 Å². The number of hydrogen-bond donors (Lipinski definition) is 1. The first kappa shape index (κ1) is 13.1.